The van der Waals surface area contributed by atoms with Crippen molar-refractivity contribution >= 4 is 5.91 Å². The quantitative estimate of drug-likeness (QED) is 0.726. The number of hydrogen-bond donors (Lipinski definition) is 1. The highest BCUT2D eigenvalue weighted by molar-refractivity contribution is 5.96. The highest BCUT2D eigenvalue weighted by atomic mass is 19.4. The van der Waals surface area contributed by atoms with Gasteiger partial charge in [0.25, 0.3) is 5.91 Å². The van der Waals surface area contributed by atoms with E-state index in [0.717, 1.165) is 11.6 Å². The van der Waals surface area contributed by atoms with E-state index in [1.807, 2.05) is 0 Å². The summed E-state index contributed by atoms with van der Waals surface area (Å²) in [6.07, 6.45) is 0.0415. The molecule has 0 saturated carbocycles. The molecule has 0 fully saturated rings. The summed E-state index contributed by atoms with van der Waals surface area (Å²) in [5, 5.41) is 6.69. The first kappa shape index (κ1) is 17.6. The van der Waals surface area contributed by atoms with E-state index in [4.69, 9.17) is 4.42 Å². The highest BCUT2D eigenvalue weighted by Crippen LogP contribution is 2.26. The molecule has 0 aliphatic rings. The predicted molar refractivity (Wildman–Crippen MR) is 85.4 cm³/mol. The lowest BCUT2D eigenvalue weighted by molar-refractivity contribution is -0.274. The van der Waals surface area contributed by atoms with Crippen molar-refractivity contribution in [3.05, 3.63) is 60.6 Å². The summed E-state index contributed by atoms with van der Waals surface area (Å²) in [6, 6.07) is 8.72. The fourth-order valence-corrected chi connectivity index (χ4v) is 2.30. The van der Waals surface area contributed by atoms with Crippen LogP contribution in [0.1, 0.15) is 10.4 Å². The molecule has 1 aromatic carbocycles. The van der Waals surface area contributed by atoms with Crippen molar-refractivity contribution < 1.29 is 27.1 Å². The number of benzene rings is 1. The molecule has 2 heterocycles. The van der Waals surface area contributed by atoms with E-state index in [-0.39, 0.29) is 12.1 Å². The van der Waals surface area contributed by atoms with Crippen molar-refractivity contribution in [2.24, 2.45) is 0 Å². The van der Waals surface area contributed by atoms with Gasteiger partial charge in [0.2, 0.25) is 0 Å². The molecule has 1 amide bonds. The zero-order valence-corrected chi connectivity index (χ0v) is 13.4. The lowest BCUT2D eigenvalue weighted by Gasteiger charge is -2.13. The summed E-state index contributed by atoms with van der Waals surface area (Å²) in [6.45, 7) is 0.521. The van der Waals surface area contributed by atoms with Crippen molar-refractivity contribution in [2.45, 2.75) is 12.9 Å². The fraction of sp³-hybridized carbons (Fsp3) is 0.176. The number of carbonyl (C=O) groups excluding carboxylic acids is 1. The van der Waals surface area contributed by atoms with Crippen LogP contribution in [0.4, 0.5) is 13.2 Å². The van der Waals surface area contributed by atoms with Crippen LogP contribution in [0.5, 0.6) is 5.75 Å². The number of nitrogens with one attached hydrogen (secondary N) is 1. The maximum Gasteiger partial charge on any atom is 0.573 e. The number of furan rings is 1. The summed E-state index contributed by atoms with van der Waals surface area (Å²) in [4.78, 5) is 12.1. The van der Waals surface area contributed by atoms with Gasteiger partial charge in [-0.25, -0.2) is 0 Å². The van der Waals surface area contributed by atoms with Gasteiger partial charge in [-0.1, -0.05) is 12.1 Å². The molecule has 0 spiro atoms. The molecule has 0 unspecified atom stereocenters. The summed E-state index contributed by atoms with van der Waals surface area (Å²) in [5.74, 6) is -0.543. The van der Waals surface area contributed by atoms with Gasteiger partial charge in [0, 0.05) is 12.7 Å². The van der Waals surface area contributed by atoms with Gasteiger partial charge in [0.1, 0.15) is 11.5 Å². The molecule has 3 rings (SSSR count). The second-order valence-corrected chi connectivity index (χ2v) is 5.27. The van der Waals surface area contributed by atoms with E-state index in [1.165, 1.54) is 18.2 Å². The first-order valence-corrected chi connectivity index (χ1v) is 7.62. The maximum atomic E-state index is 12.4. The minimum atomic E-state index is -4.87. The van der Waals surface area contributed by atoms with Crippen molar-refractivity contribution in [1.29, 1.82) is 0 Å². The van der Waals surface area contributed by atoms with Crippen molar-refractivity contribution in [1.82, 2.24) is 15.1 Å². The summed E-state index contributed by atoms with van der Waals surface area (Å²) < 4.78 is 47.9. The number of para-hydroxylation sites is 1. The molecule has 0 radical (unpaired) electrons. The van der Waals surface area contributed by atoms with E-state index in [2.05, 4.69) is 15.2 Å². The standard InChI is InChI=1S/C17H14F3N3O3/c18-17(19,20)26-15-5-2-1-4-13(15)16(24)21-7-8-23-11-12(10-22-23)14-6-3-9-25-14/h1-6,9-11H,7-8H2,(H,21,24). The average molecular weight is 365 g/mol. The largest absolute Gasteiger partial charge is 0.573 e. The number of halogens is 3. The number of carbonyl (C=O) groups is 1. The molecule has 0 atom stereocenters. The SMILES string of the molecule is O=C(NCCn1cc(-c2ccco2)cn1)c1ccccc1OC(F)(F)F. The second-order valence-electron chi connectivity index (χ2n) is 5.27. The Morgan fingerprint density at radius 3 is 2.77 bits per heavy atom. The van der Waals surface area contributed by atoms with Gasteiger partial charge >= 0.3 is 6.36 Å². The lowest BCUT2D eigenvalue weighted by Crippen LogP contribution is -2.28. The Hall–Kier alpha value is -3.23. The van der Waals surface area contributed by atoms with Crippen molar-refractivity contribution in [3.63, 3.8) is 0 Å². The lowest BCUT2D eigenvalue weighted by atomic mass is 10.2. The van der Waals surface area contributed by atoms with Crippen LogP contribution in [-0.2, 0) is 6.54 Å². The molecule has 26 heavy (non-hydrogen) atoms. The first-order valence-electron chi connectivity index (χ1n) is 7.62. The molecule has 2 aromatic heterocycles. The van der Waals surface area contributed by atoms with Crippen LogP contribution in [0.2, 0.25) is 0 Å². The second kappa shape index (κ2) is 7.34. The van der Waals surface area contributed by atoms with Gasteiger partial charge in [-0.15, -0.1) is 13.2 Å². The van der Waals surface area contributed by atoms with Crippen molar-refractivity contribution in [2.75, 3.05) is 6.54 Å². The van der Waals surface area contributed by atoms with E-state index in [9.17, 15) is 18.0 Å². The van der Waals surface area contributed by atoms with Gasteiger partial charge < -0.3 is 14.5 Å². The molecule has 0 bridgehead atoms. The fourth-order valence-electron chi connectivity index (χ4n) is 2.30. The number of ether oxygens (including phenoxy) is 1. The predicted octanol–water partition coefficient (Wildman–Crippen LogP) is 3.47. The minimum Gasteiger partial charge on any atom is -0.464 e. The Morgan fingerprint density at radius 2 is 2.04 bits per heavy atom. The molecular formula is C17H14F3N3O3. The van der Waals surface area contributed by atoms with Gasteiger partial charge in [0.15, 0.2) is 0 Å². The third-order valence-corrected chi connectivity index (χ3v) is 3.42. The number of hydrogen-bond acceptors (Lipinski definition) is 4. The van der Waals surface area contributed by atoms with Crippen LogP contribution in [-0.4, -0.2) is 28.6 Å². The third kappa shape index (κ3) is 4.44. The van der Waals surface area contributed by atoms with Gasteiger partial charge in [0.05, 0.1) is 30.1 Å². The molecule has 9 heteroatoms. The third-order valence-electron chi connectivity index (χ3n) is 3.42. The molecular weight excluding hydrogens is 351 g/mol. The number of alkyl halides is 3. The van der Waals surface area contributed by atoms with Crippen LogP contribution < -0.4 is 10.1 Å². The summed E-state index contributed by atoms with van der Waals surface area (Å²) in [5.41, 5.74) is 0.590. The van der Waals surface area contributed by atoms with E-state index >= 15 is 0 Å². The van der Waals surface area contributed by atoms with E-state index in [1.54, 1.807) is 35.5 Å². The maximum absolute atomic E-state index is 12.4. The van der Waals surface area contributed by atoms with Crippen LogP contribution in [0.15, 0.2) is 59.5 Å². The molecule has 0 aliphatic carbocycles. The monoisotopic (exact) mass is 365 g/mol. The Balaban J connectivity index is 1.58. The molecule has 6 nitrogen and oxygen atoms in total. The number of amides is 1. The summed E-state index contributed by atoms with van der Waals surface area (Å²) >= 11 is 0. The number of aromatic nitrogens is 2. The van der Waals surface area contributed by atoms with Gasteiger partial charge in [-0.2, -0.15) is 5.10 Å². The smallest absolute Gasteiger partial charge is 0.464 e. The average Bonchev–Trinajstić information content (AvgIpc) is 3.25. The molecule has 0 aliphatic heterocycles. The highest BCUT2D eigenvalue weighted by Gasteiger charge is 2.32. The van der Waals surface area contributed by atoms with Crippen LogP contribution in [0.25, 0.3) is 11.3 Å². The van der Waals surface area contributed by atoms with E-state index in [0.29, 0.717) is 12.3 Å². The zero-order valence-electron chi connectivity index (χ0n) is 13.4. The molecule has 1 N–H and O–H groups in total. The molecule has 3 aromatic rings. The molecule has 0 saturated heterocycles. The van der Waals surface area contributed by atoms with Crippen LogP contribution in [0, 0.1) is 0 Å². The van der Waals surface area contributed by atoms with Crippen molar-refractivity contribution in [3.8, 4) is 17.1 Å². The van der Waals surface area contributed by atoms with Gasteiger partial charge in [-0.05, 0) is 24.3 Å². The van der Waals surface area contributed by atoms with Crippen LogP contribution >= 0.6 is 0 Å². The number of nitrogens with zero attached hydrogens (tertiary/aromatic N) is 2. The van der Waals surface area contributed by atoms with Gasteiger partial charge in [-0.3, -0.25) is 9.48 Å². The Morgan fingerprint density at radius 1 is 1.23 bits per heavy atom. The topological polar surface area (TPSA) is 69.3 Å². The van der Waals surface area contributed by atoms with Crippen LogP contribution in [0.3, 0.4) is 0 Å². The number of rotatable bonds is 6. The van der Waals surface area contributed by atoms with E-state index < -0.39 is 18.0 Å². The molecule has 136 valence electrons. The summed E-state index contributed by atoms with van der Waals surface area (Å²) in [7, 11) is 0. The Bertz CT molecular complexity index is 873. The Labute approximate surface area is 146 Å². The first-order chi connectivity index (χ1) is 12.4. The minimum absolute atomic E-state index is 0.179. The Kier molecular flexibility index (Phi) is 4.97. The normalized spacial score (nSPS) is 11.3. The zero-order chi connectivity index (χ0) is 18.6.